The van der Waals surface area contributed by atoms with Crippen molar-refractivity contribution in [3.8, 4) is 0 Å². The van der Waals surface area contributed by atoms with Gasteiger partial charge in [-0.2, -0.15) is 0 Å². The van der Waals surface area contributed by atoms with E-state index in [1.54, 1.807) is 24.3 Å². The molecule has 0 aromatic heterocycles. The average molecular weight is 453 g/mol. The lowest BCUT2D eigenvalue weighted by Crippen LogP contribution is -2.43. The maximum Gasteiger partial charge on any atom is 0.335 e. The number of ether oxygens (including phenoxy) is 1. The lowest BCUT2D eigenvalue weighted by molar-refractivity contribution is -0.153. The fourth-order valence-electron chi connectivity index (χ4n) is 2.62. The molecule has 0 spiro atoms. The fraction of sp³-hybridized carbons (Fsp3) is 0.476. The molecule has 0 radical (unpaired) electrons. The Hall–Kier alpha value is -3.18. The Kier molecular flexibility index (Phi) is 12.4. The zero-order valence-corrected chi connectivity index (χ0v) is 17.6. The van der Waals surface area contributed by atoms with Gasteiger partial charge in [0.15, 0.2) is 11.9 Å². The van der Waals surface area contributed by atoms with Crippen LogP contribution in [0.15, 0.2) is 30.3 Å². The van der Waals surface area contributed by atoms with Crippen LogP contribution >= 0.6 is 0 Å². The number of nitrogens with one attached hydrogen (secondary N) is 2. The summed E-state index contributed by atoms with van der Waals surface area (Å²) in [7, 11) is 0. The number of aliphatic carboxylic acids is 1. The smallest absolute Gasteiger partial charge is 0.335 e. The van der Waals surface area contributed by atoms with Gasteiger partial charge in [-0.3, -0.25) is 19.2 Å². The zero-order valence-electron chi connectivity index (χ0n) is 17.6. The first-order valence-corrected chi connectivity index (χ1v) is 10.0. The Morgan fingerprint density at radius 2 is 1.66 bits per heavy atom. The SMILES string of the molecule is NCC(=O)CCC(=O)N[C@@H](Cc1ccccc1)C(=O)CCC(=O)NCOC(CF)C(=O)O. The fourth-order valence-corrected chi connectivity index (χ4v) is 2.62. The molecule has 176 valence electrons. The van der Waals surface area contributed by atoms with E-state index in [1.165, 1.54) is 0 Å². The van der Waals surface area contributed by atoms with Gasteiger partial charge in [-0.05, 0) is 12.0 Å². The molecular formula is C21H28FN3O7. The summed E-state index contributed by atoms with van der Waals surface area (Å²) in [6.45, 7) is -1.94. The lowest BCUT2D eigenvalue weighted by Gasteiger charge is -2.18. The Morgan fingerprint density at radius 1 is 1.00 bits per heavy atom. The van der Waals surface area contributed by atoms with Crippen molar-refractivity contribution in [1.29, 1.82) is 0 Å². The molecule has 0 aliphatic heterocycles. The number of carboxylic acid groups (broad SMARTS) is 1. The van der Waals surface area contributed by atoms with E-state index in [0.717, 1.165) is 5.56 Å². The molecule has 5 N–H and O–H groups in total. The van der Waals surface area contributed by atoms with E-state index in [9.17, 15) is 28.4 Å². The number of hydrogen-bond donors (Lipinski definition) is 4. The summed E-state index contributed by atoms with van der Waals surface area (Å²) >= 11 is 0. The first-order chi connectivity index (χ1) is 15.3. The van der Waals surface area contributed by atoms with Gasteiger partial charge in [0.25, 0.3) is 0 Å². The summed E-state index contributed by atoms with van der Waals surface area (Å²) in [4.78, 5) is 58.7. The number of halogens is 1. The number of rotatable bonds is 16. The summed E-state index contributed by atoms with van der Waals surface area (Å²) < 4.78 is 17.1. The third-order valence-corrected chi connectivity index (χ3v) is 4.43. The number of benzene rings is 1. The van der Waals surface area contributed by atoms with Gasteiger partial charge in [-0.25, -0.2) is 9.18 Å². The largest absolute Gasteiger partial charge is 0.479 e. The van der Waals surface area contributed by atoms with Gasteiger partial charge in [0.2, 0.25) is 11.8 Å². The molecule has 0 saturated heterocycles. The number of carboxylic acids is 1. The van der Waals surface area contributed by atoms with E-state index in [2.05, 4.69) is 15.4 Å². The normalized spacial score (nSPS) is 12.4. The van der Waals surface area contributed by atoms with Gasteiger partial charge in [0, 0.05) is 25.7 Å². The first kappa shape index (κ1) is 26.9. The maximum absolute atomic E-state index is 12.7. The van der Waals surface area contributed by atoms with E-state index in [1.807, 2.05) is 6.07 Å². The highest BCUT2D eigenvalue weighted by Gasteiger charge is 2.22. The van der Waals surface area contributed by atoms with Gasteiger partial charge in [0.05, 0.1) is 12.6 Å². The zero-order chi connectivity index (χ0) is 23.9. The van der Waals surface area contributed by atoms with Crippen LogP contribution in [0.1, 0.15) is 31.2 Å². The highest BCUT2D eigenvalue weighted by Crippen LogP contribution is 2.08. The molecule has 32 heavy (non-hydrogen) atoms. The topological polar surface area (TPSA) is 165 Å². The highest BCUT2D eigenvalue weighted by molar-refractivity contribution is 5.92. The van der Waals surface area contributed by atoms with Gasteiger partial charge in [-0.15, -0.1) is 0 Å². The second-order valence-corrected chi connectivity index (χ2v) is 6.91. The molecular weight excluding hydrogens is 425 g/mol. The second-order valence-electron chi connectivity index (χ2n) is 6.91. The molecule has 1 aromatic rings. The Bertz CT molecular complexity index is 789. The number of carbonyl (C=O) groups is 5. The molecule has 1 unspecified atom stereocenters. The van der Waals surface area contributed by atoms with E-state index < -0.39 is 49.1 Å². The number of nitrogens with two attached hydrogens (primary N) is 1. The Balaban J connectivity index is 2.60. The average Bonchev–Trinajstić information content (AvgIpc) is 2.78. The monoisotopic (exact) mass is 453 g/mol. The molecule has 0 aliphatic carbocycles. The summed E-state index contributed by atoms with van der Waals surface area (Å²) in [5, 5.41) is 13.5. The third-order valence-electron chi connectivity index (χ3n) is 4.43. The van der Waals surface area contributed by atoms with Crippen LogP contribution in [-0.4, -0.2) is 66.6 Å². The van der Waals surface area contributed by atoms with Gasteiger partial charge in [-0.1, -0.05) is 30.3 Å². The van der Waals surface area contributed by atoms with Crippen molar-refractivity contribution >= 4 is 29.4 Å². The molecule has 0 heterocycles. The second kappa shape index (κ2) is 14.8. The minimum absolute atomic E-state index is 0.0345. The van der Waals surface area contributed by atoms with E-state index in [0.29, 0.717) is 0 Å². The molecule has 0 bridgehead atoms. The predicted octanol–water partition coefficient (Wildman–Crippen LogP) is -0.116. The molecule has 0 aliphatic rings. The molecule has 0 saturated carbocycles. The van der Waals surface area contributed by atoms with Crippen molar-refractivity contribution in [2.45, 2.75) is 44.2 Å². The van der Waals surface area contributed by atoms with Crippen LogP contribution in [0.25, 0.3) is 0 Å². The molecule has 1 aromatic carbocycles. The van der Waals surface area contributed by atoms with E-state index in [4.69, 9.17) is 10.8 Å². The first-order valence-electron chi connectivity index (χ1n) is 10.0. The van der Waals surface area contributed by atoms with Crippen LogP contribution in [0.4, 0.5) is 4.39 Å². The van der Waals surface area contributed by atoms with Crippen LogP contribution in [0.2, 0.25) is 0 Å². The molecule has 10 nitrogen and oxygen atoms in total. The van der Waals surface area contributed by atoms with Gasteiger partial charge >= 0.3 is 5.97 Å². The van der Waals surface area contributed by atoms with Crippen molar-refractivity contribution in [2.24, 2.45) is 5.73 Å². The van der Waals surface area contributed by atoms with Crippen molar-refractivity contribution in [3.63, 3.8) is 0 Å². The summed E-state index contributed by atoms with van der Waals surface area (Å²) in [6, 6.07) is 8.06. The van der Waals surface area contributed by atoms with Gasteiger partial charge in [0.1, 0.15) is 19.2 Å². The maximum atomic E-state index is 12.7. The quantitative estimate of drug-likeness (QED) is 0.252. The minimum Gasteiger partial charge on any atom is -0.479 e. The lowest BCUT2D eigenvalue weighted by atomic mass is 9.99. The molecule has 1 rings (SSSR count). The molecule has 0 fully saturated rings. The number of amides is 2. The molecule has 2 amide bonds. The molecule has 2 atom stereocenters. The summed E-state index contributed by atoms with van der Waals surface area (Å²) in [6.07, 6.45) is -2.05. The Labute approximate surface area is 184 Å². The third kappa shape index (κ3) is 10.7. The summed E-state index contributed by atoms with van der Waals surface area (Å²) in [5.74, 6) is -3.24. The summed E-state index contributed by atoms with van der Waals surface area (Å²) in [5.41, 5.74) is 6.02. The van der Waals surface area contributed by atoms with Crippen LogP contribution in [0.3, 0.4) is 0 Å². The van der Waals surface area contributed by atoms with Crippen molar-refractivity contribution in [1.82, 2.24) is 10.6 Å². The Morgan fingerprint density at radius 3 is 2.25 bits per heavy atom. The van der Waals surface area contributed by atoms with Crippen LogP contribution < -0.4 is 16.4 Å². The number of alkyl halides is 1. The number of ketones is 2. The number of hydrogen-bond acceptors (Lipinski definition) is 7. The van der Waals surface area contributed by atoms with E-state index in [-0.39, 0.29) is 44.4 Å². The van der Waals surface area contributed by atoms with Crippen LogP contribution in [-0.2, 0) is 35.1 Å². The highest BCUT2D eigenvalue weighted by atomic mass is 19.1. The molecule has 11 heteroatoms. The van der Waals surface area contributed by atoms with Crippen molar-refractivity contribution in [3.05, 3.63) is 35.9 Å². The minimum atomic E-state index is -1.69. The van der Waals surface area contributed by atoms with E-state index >= 15 is 0 Å². The van der Waals surface area contributed by atoms with Crippen molar-refractivity contribution < 1.29 is 38.2 Å². The van der Waals surface area contributed by atoms with Crippen molar-refractivity contribution in [2.75, 3.05) is 20.0 Å². The standard InChI is InChI=1S/C21H28FN3O7/c22-11-18(21(30)31)32-13-24-19(28)9-7-17(27)16(10-14-4-2-1-3-5-14)25-20(29)8-6-15(26)12-23/h1-5,16,18H,6-13,23H2,(H,24,28)(H,25,29)(H,30,31)/t16-,18?/m0/s1. The van der Waals surface area contributed by atoms with Crippen LogP contribution in [0, 0.1) is 0 Å². The van der Waals surface area contributed by atoms with Crippen LogP contribution in [0.5, 0.6) is 0 Å². The van der Waals surface area contributed by atoms with Gasteiger partial charge < -0.3 is 26.2 Å². The number of carbonyl (C=O) groups excluding carboxylic acids is 4. The predicted molar refractivity (Wildman–Crippen MR) is 111 cm³/mol. The number of Topliss-reactive ketones (excluding diaryl/α,β-unsaturated/α-hetero) is 2.